The average Bonchev–Trinajstić information content (AvgIpc) is 2.37. The first-order chi connectivity index (χ1) is 9.79. The zero-order valence-corrected chi connectivity index (χ0v) is 12.8. The summed E-state index contributed by atoms with van der Waals surface area (Å²) in [6.45, 7) is 4.05. The van der Waals surface area contributed by atoms with Gasteiger partial charge in [0, 0.05) is 25.7 Å². The second-order valence-electron chi connectivity index (χ2n) is 5.16. The van der Waals surface area contributed by atoms with Crippen molar-refractivity contribution in [1.29, 1.82) is 0 Å². The van der Waals surface area contributed by atoms with Crippen LogP contribution < -0.4 is 4.72 Å². The number of rotatable bonds is 3. The highest BCUT2D eigenvalue weighted by atomic mass is 32.2. The van der Waals surface area contributed by atoms with Gasteiger partial charge in [-0.25, -0.2) is 4.79 Å². The fourth-order valence-electron chi connectivity index (χ4n) is 2.35. The van der Waals surface area contributed by atoms with Crippen molar-refractivity contribution in [3.8, 4) is 0 Å². The lowest BCUT2D eigenvalue weighted by molar-refractivity contribution is 0.0994. The van der Waals surface area contributed by atoms with E-state index in [9.17, 15) is 13.2 Å². The molecule has 1 aromatic carbocycles. The van der Waals surface area contributed by atoms with Crippen LogP contribution in [0.2, 0.25) is 0 Å². The molecule has 7 nitrogen and oxygen atoms in total. The Morgan fingerprint density at radius 1 is 1.38 bits per heavy atom. The maximum atomic E-state index is 12.3. The van der Waals surface area contributed by atoms with Gasteiger partial charge in [-0.1, -0.05) is 12.1 Å². The summed E-state index contributed by atoms with van der Waals surface area (Å²) in [6.07, 6.45) is -1.02. The summed E-state index contributed by atoms with van der Waals surface area (Å²) in [5, 5.41) is 9.01. The largest absolute Gasteiger partial charge is 0.465 e. The summed E-state index contributed by atoms with van der Waals surface area (Å²) < 4.78 is 28.5. The lowest BCUT2D eigenvalue weighted by Gasteiger charge is -2.37. The van der Waals surface area contributed by atoms with E-state index in [0.717, 1.165) is 5.56 Å². The Morgan fingerprint density at radius 3 is 2.67 bits per heavy atom. The fraction of sp³-hybridized carbons (Fsp3) is 0.462. The highest BCUT2D eigenvalue weighted by molar-refractivity contribution is 7.90. The first-order valence-electron chi connectivity index (χ1n) is 6.64. The molecule has 0 aromatic heterocycles. The number of nitrogens with one attached hydrogen (secondary N) is 1. The van der Waals surface area contributed by atoms with Crippen LogP contribution in [-0.4, -0.2) is 54.5 Å². The zero-order chi connectivity index (χ0) is 15.6. The summed E-state index contributed by atoms with van der Waals surface area (Å²) in [5.41, 5.74) is 1.46. The minimum Gasteiger partial charge on any atom is -0.465 e. The topological polar surface area (TPSA) is 90.0 Å². The highest BCUT2D eigenvalue weighted by Gasteiger charge is 2.33. The molecule has 1 aliphatic heterocycles. The molecule has 1 atom stereocenters. The van der Waals surface area contributed by atoms with E-state index in [4.69, 9.17) is 5.11 Å². The van der Waals surface area contributed by atoms with Crippen molar-refractivity contribution < 1.29 is 18.3 Å². The maximum Gasteiger partial charge on any atom is 0.407 e. The zero-order valence-electron chi connectivity index (χ0n) is 12.0. The molecule has 0 aliphatic carbocycles. The number of piperazine rings is 1. The Labute approximate surface area is 124 Å². The van der Waals surface area contributed by atoms with Gasteiger partial charge in [0.15, 0.2) is 0 Å². The predicted octanol–water partition coefficient (Wildman–Crippen LogP) is 1.34. The van der Waals surface area contributed by atoms with Gasteiger partial charge in [-0.15, -0.1) is 0 Å². The van der Waals surface area contributed by atoms with E-state index in [1.165, 1.54) is 9.21 Å². The minimum absolute atomic E-state index is 0.146. The Hall–Kier alpha value is -1.80. The number of hydrogen-bond donors (Lipinski definition) is 2. The summed E-state index contributed by atoms with van der Waals surface area (Å²) >= 11 is 0. The van der Waals surface area contributed by atoms with Crippen LogP contribution in [0, 0.1) is 6.92 Å². The van der Waals surface area contributed by atoms with Crippen molar-refractivity contribution in [3.05, 3.63) is 29.8 Å². The van der Waals surface area contributed by atoms with E-state index >= 15 is 0 Å². The lowest BCUT2D eigenvalue weighted by atomic mass is 10.2. The average molecular weight is 313 g/mol. The third kappa shape index (κ3) is 3.64. The van der Waals surface area contributed by atoms with Gasteiger partial charge in [-0.2, -0.15) is 12.7 Å². The highest BCUT2D eigenvalue weighted by Crippen LogP contribution is 2.17. The molecule has 2 rings (SSSR count). The van der Waals surface area contributed by atoms with Gasteiger partial charge < -0.3 is 10.0 Å². The normalized spacial score (nSPS) is 20.3. The van der Waals surface area contributed by atoms with Gasteiger partial charge in [0.2, 0.25) is 0 Å². The second-order valence-corrected chi connectivity index (χ2v) is 6.83. The van der Waals surface area contributed by atoms with Gasteiger partial charge in [0.1, 0.15) is 0 Å². The standard InChI is InChI=1S/C13H19N3O4S/c1-10-4-3-5-12(8-10)14-21(19,20)15-6-7-16(13(17)18)11(2)9-15/h3-5,8,11,14H,6-7,9H2,1-2H3,(H,17,18). The van der Waals surface area contributed by atoms with Gasteiger partial charge in [-0.05, 0) is 31.5 Å². The number of carboxylic acid groups (broad SMARTS) is 1. The van der Waals surface area contributed by atoms with Crippen LogP contribution in [0.15, 0.2) is 24.3 Å². The van der Waals surface area contributed by atoms with E-state index in [1.807, 2.05) is 13.0 Å². The van der Waals surface area contributed by atoms with E-state index < -0.39 is 16.3 Å². The molecule has 1 fully saturated rings. The van der Waals surface area contributed by atoms with E-state index in [1.54, 1.807) is 25.1 Å². The Morgan fingerprint density at radius 2 is 2.10 bits per heavy atom. The number of nitrogens with zero attached hydrogens (tertiary/aromatic N) is 2. The van der Waals surface area contributed by atoms with E-state index in [2.05, 4.69) is 4.72 Å². The Kier molecular flexibility index (Phi) is 4.38. The SMILES string of the molecule is Cc1cccc(NS(=O)(=O)N2CCN(C(=O)O)C(C)C2)c1. The smallest absolute Gasteiger partial charge is 0.407 e. The quantitative estimate of drug-likeness (QED) is 0.881. The molecule has 116 valence electrons. The predicted molar refractivity (Wildman–Crippen MR) is 79.5 cm³/mol. The number of benzene rings is 1. The van der Waals surface area contributed by atoms with Crippen molar-refractivity contribution in [3.63, 3.8) is 0 Å². The molecule has 0 bridgehead atoms. The molecule has 1 heterocycles. The van der Waals surface area contributed by atoms with Gasteiger partial charge in [-0.3, -0.25) is 4.72 Å². The van der Waals surface area contributed by atoms with E-state index in [0.29, 0.717) is 5.69 Å². The van der Waals surface area contributed by atoms with Crippen LogP contribution in [0.3, 0.4) is 0 Å². The van der Waals surface area contributed by atoms with Crippen molar-refractivity contribution in [2.75, 3.05) is 24.4 Å². The molecule has 1 saturated heterocycles. The van der Waals surface area contributed by atoms with E-state index in [-0.39, 0.29) is 25.7 Å². The third-order valence-electron chi connectivity index (χ3n) is 3.44. The van der Waals surface area contributed by atoms with Crippen molar-refractivity contribution in [2.45, 2.75) is 19.9 Å². The molecule has 1 aromatic rings. The molecule has 8 heteroatoms. The van der Waals surface area contributed by atoms with Gasteiger partial charge >= 0.3 is 16.3 Å². The van der Waals surface area contributed by atoms with Crippen molar-refractivity contribution in [2.24, 2.45) is 0 Å². The number of anilines is 1. The van der Waals surface area contributed by atoms with Crippen LogP contribution in [0.25, 0.3) is 0 Å². The van der Waals surface area contributed by atoms with Gasteiger partial charge in [0.05, 0.1) is 5.69 Å². The molecular weight excluding hydrogens is 294 g/mol. The summed E-state index contributed by atoms with van der Waals surface area (Å²) in [6, 6.07) is 6.71. The number of carbonyl (C=O) groups is 1. The monoisotopic (exact) mass is 313 g/mol. The van der Waals surface area contributed by atoms with Crippen LogP contribution in [0.1, 0.15) is 12.5 Å². The number of hydrogen-bond acceptors (Lipinski definition) is 3. The maximum absolute atomic E-state index is 12.3. The second kappa shape index (κ2) is 5.90. The molecule has 0 spiro atoms. The fourth-order valence-corrected chi connectivity index (χ4v) is 3.64. The number of amides is 1. The van der Waals surface area contributed by atoms with Crippen LogP contribution in [0.4, 0.5) is 10.5 Å². The third-order valence-corrected chi connectivity index (χ3v) is 4.95. The first-order valence-corrected chi connectivity index (χ1v) is 8.08. The van der Waals surface area contributed by atoms with Crippen LogP contribution in [-0.2, 0) is 10.2 Å². The molecule has 1 aliphatic rings. The Bertz CT molecular complexity index is 632. The molecule has 1 unspecified atom stereocenters. The Balaban J connectivity index is 2.09. The van der Waals surface area contributed by atoms with Gasteiger partial charge in [0.25, 0.3) is 0 Å². The first kappa shape index (κ1) is 15.6. The summed E-state index contributed by atoms with van der Waals surface area (Å²) in [7, 11) is -3.67. The van der Waals surface area contributed by atoms with Crippen molar-refractivity contribution >= 4 is 22.0 Å². The molecule has 0 radical (unpaired) electrons. The summed E-state index contributed by atoms with van der Waals surface area (Å²) in [4.78, 5) is 12.2. The molecule has 21 heavy (non-hydrogen) atoms. The minimum atomic E-state index is -3.67. The molecular formula is C13H19N3O4S. The van der Waals surface area contributed by atoms with Crippen molar-refractivity contribution in [1.82, 2.24) is 9.21 Å². The van der Waals surface area contributed by atoms with Crippen LogP contribution in [0.5, 0.6) is 0 Å². The molecule has 0 saturated carbocycles. The molecule has 1 amide bonds. The molecule has 2 N–H and O–H groups in total. The number of aryl methyl sites for hydroxylation is 1. The lowest BCUT2D eigenvalue weighted by Crippen LogP contribution is -2.56. The summed E-state index contributed by atoms with van der Waals surface area (Å²) in [5.74, 6) is 0. The van der Waals surface area contributed by atoms with Crippen LogP contribution >= 0.6 is 0 Å².